The number of nitro benzene ring substituents is 1. The lowest BCUT2D eigenvalue weighted by Crippen LogP contribution is -2.38. The first kappa shape index (κ1) is 16.6. The van der Waals surface area contributed by atoms with Gasteiger partial charge < -0.3 is 5.73 Å². The van der Waals surface area contributed by atoms with E-state index in [1.165, 1.54) is 0 Å². The average Bonchev–Trinajstić information content (AvgIpc) is 2.39. The van der Waals surface area contributed by atoms with Gasteiger partial charge in [-0.1, -0.05) is 32.9 Å². The van der Waals surface area contributed by atoms with E-state index in [-0.39, 0.29) is 16.0 Å². The molecule has 112 valence electrons. The van der Waals surface area contributed by atoms with Crippen LogP contribution < -0.4 is 5.73 Å². The molecule has 0 aromatic heterocycles. The van der Waals surface area contributed by atoms with Crippen molar-refractivity contribution >= 4 is 5.69 Å². The zero-order valence-corrected chi connectivity index (χ0v) is 12.8. The second kappa shape index (κ2) is 6.81. The monoisotopic (exact) mass is 279 g/mol. The summed E-state index contributed by atoms with van der Waals surface area (Å²) in [7, 11) is 0. The first-order valence-electron chi connectivity index (χ1n) is 6.96. The third kappa shape index (κ3) is 4.28. The molecule has 0 aliphatic rings. The summed E-state index contributed by atoms with van der Waals surface area (Å²) in [4.78, 5) is 12.9. The molecule has 1 aromatic carbocycles. The van der Waals surface area contributed by atoms with Gasteiger partial charge >= 0.3 is 0 Å². The van der Waals surface area contributed by atoms with E-state index in [1.54, 1.807) is 12.1 Å². The molecule has 0 amide bonds. The molecule has 0 atom stereocenters. The van der Waals surface area contributed by atoms with Gasteiger partial charge in [-0.05, 0) is 31.0 Å². The minimum atomic E-state index is -0.320. The molecule has 5 heteroatoms. The summed E-state index contributed by atoms with van der Waals surface area (Å²) in [5.41, 5.74) is 7.78. The molecule has 1 rings (SSSR count). The van der Waals surface area contributed by atoms with Crippen LogP contribution in [-0.4, -0.2) is 29.5 Å². The molecule has 20 heavy (non-hydrogen) atoms. The minimum absolute atomic E-state index is 0.0463. The van der Waals surface area contributed by atoms with Crippen molar-refractivity contribution in [1.29, 1.82) is 0 Å². The van der Waals surface area contributed by atoms with Gasteiger partial charge in [-0.15, -0.1) is 0 Å². The molecule has 1 aromatic rings. The van der Waals surface area contributed by atoms with Crippen LogP contribution >= 0.6 is 0 Å². The molecule has 0 saturated carbocycles. The zero-order valence-electron chi connectivity index (χ0n) is 12.8. The fourth-order valence-electron chi connectivity index (χ4n) is 2.23. The van der Waals surface area contributed by atoms with E-state index < -0.39 is 0 Å². The Morgan fingerprint density at radius 3 is 2.55 bits per heavy atom. The summed E-state index contributed by atoms with van der Waals surface area (Å²) in [5, 5.41) is 11.0. The third-order valence-electron chi connectivity index (χ3n) is 3.66. The van der Waals surface area contributed by atoms with Crippen LogP contribution in [-0.2, 0) is 6.54 Å². The summed E-state index contributed by atoms with van der Waals surface area (Å²) >= 11 is 0. The fraction of sp³-hybridized carbons (Fsp3) is 0.600. The van der Waals surface area contributed by atoms with Gasteiger partial charge in [0, 0.05) is 24.7 Å². The van der Waals surface area contributed by atoms with Crippen LogP contribution in [0.15, 0.2) is 18.2 Å². The highest BCUT2D eigenvalue weighted by atomic mass is 16.6. The highest BCUT2D eigenvalue weighted by Gasteiger charge is 2.21. The Kier molecular flexibility index (Phi) is 5.65. The lowest BCUT2D eigenvalue weighted by molar-refractivity contribution is -0.385. The highest BCUT2D eigenvalue weighted by molar-refractivity contribution is 5.44. The predicted molar refractivity (Wildman–Crippen MR) is 81.6 cm³/mol. The van der Waals surface area contributed by atoms with E-state index in [9.17, 15) is 10.1 Å². The van der Waals surface area contributed by atoms with Crippen molar-refractivity contribution in [1.82, 2.24) is 4.90 Å². The summed E-state index contributed by atoms with van der Waals surface area (Å²) in [5.74, 6) is 0. The maximum atomic E-state index is 11.0. The van der Waals surface area contributed by atoms with E-state index in [0.29, 0.717) is 13.1 Å². The Bertz CT molecular complexity index is 472. The zero-order chi connectivity index (χ0) is 15.3. The Balaban J connectivity index is 2.91. The predicted octanol–water partition coefficient (Wildman–Crippen LogP) is 2.71. The molecule has 0 saturated heterocycles. The first-order valence-corrected chi connectivity index (χ1v) is 6.96. The van der Waals surface area contributed by atoms with Gasteiger partial charge in [-0.25, -0.2) is 0 Å². The van der Waals surface area contributed by atoms with Crippen LogP contribution in [0.25, 0.3) is 0 Å². The third-order valence-corrected chi connectivity index (χ3v) is 3.66. The van der Waals surface area contributed by atoms with Gasteiger partial charge in [-0.2, -0.15) is 0 Å². The summed E-state index contributed by atoms with van der Waals surface area (Å²) in [6.07, 6.45) is 0. The molecule has 0 aliphatic heterocycles. The van der Waals surface area contributed by atoms with Crippen LogP contribution in [0.2, 0.25) is 0 Å². The Labute approximate surface area is 120 Å². The quantitative estimate of drug-likeness (QED) is 0.615. The van der Waals surface area contributed by atoms with Crippen LogP contribution in [0.5, 0.6) is 0 Å². The summed E-state index contributed by atoms with van der Waals surface area (Å²) < 4.78 is 0. The van der Waals surface area contributed by atoms with E-state index in [2.05, 4.69) is 25.7 Å². The summed E-state index contributed by atoms with van der Waals surface area (Å²) in [6.45, 7) is 11.3. The second-order valence-electron chi connectivity index (χ2n) is 5.99. The van der Waals surface area contributed by atoms with Crippen molar-refractivity contribution < 1.29 is 4.92 Å². The molecule has 0 fully saturated rings. The normalized spacial score (nSPS) is 11.9. The highest BCUT2D eigenvalue weighted by Crippen LogP contribution is 2.23. The number of nitro groups is 1. The van der Waals surface area contributed by atoms with Gasteiger partial charge in [-0.3, -0.25) is 15.0 Å². The van der Waals surface area contributed by atoms with Crippen molar-refractivity contribution in [3.05, 3.63) is 39.4 Å². The van der Waals surface area contributed by atoms with Gasteiger partial charge in [0.2, 0.25) is 0 Å². The van der Waals surface area contributed by atoms with Crippen LogP contribution in [0.3, 0.4) is 0 Å². The minimum Gasteiger partial charge on any atom is -0.330 e. The van der Waals surface area contributed by atoms with E-state index in [0.717, 1.165) is 24.2 Å². The van der Waals surface area contributed by atoms with E-state index >= 15 is 0 Å². The van der Waals surface area contributed by atoms with Gasteiger partial charge in [0.15, 0.2) is 0 Å². The number of rotatable bonds is 7. The first-order chi connectivity index (χ1) is 9.30. The number of hydrogen-bond acceptors (Lipinski definition) is 4. The largest absolute Gasteiger partial charge is 0.330 e. The van der Waals surface area contributed by atoms with Crippen LogP contribution in [0.4, 0.5) is 5.69 Å². The average molecular weight is 279 g/mol. The number of nitrogens with two attached hydrogens (primary N) is 1. The molecule has 0 aliphatic carbocycles. The number of benzene rings is 1. The number of nitrogens with zero attached hydrogens (tertiary/aromatic N) is 2. The standard InChI is InChI=1S/C15H25N3O2/c1-5-17(11-15(3,4)10-16)9-13-7-6-8-14(12(13)2)18(19)20/h6-8H,5,9-11,16H2,1-4H3. The Morgan fingerprint density at radius 2 is 2.05 bits per heavy atom. The van der Waals surface area contributed by atoms with Gasteiger partial charge in [0.05, 0.1) is 4.92 Å². The smallest absolute Gasteiger partial charge is 0.272 e. The SMILES string of the molecule is CCN(Cc1cccc([N+](=O)[O-])c1C)CC(C)(C)CN. The molecule has 0 spiro atoms. The molecule has 0 bridgehead atoms. The van der Waals surface area contributed by atoms with Crippen molar-refractivity contribution in [3.63, 3.8) is 0 Å². The van der Waals surface area contributed by atoms with Crippen molar-refractivity contribution in [3.8, 4) is 0 Å². The van der Waals surface area contributed by atoms with Gasteiger partial charge in [0.1, 0.15) is 0 Å². The van der Waals surface area contributed by atoms with Crippen molar-refractivity contribution in [2.75, 3.05) is 19.6 Å². The topological polar surface area (TPSA) is 72.4 Å². The summed E-state index contributed by atoms with van der Waals surface area (Å²) in [6, 6.07) is 5.27. The molecule has 2 N–H and O–H groups in total. The van der Waals surface area contributed by atoms with Crippen LogP contribution in [0.1, 0.15) is 31.9 Å². The fourth-order valence-corrected chi connectivity index (χ4v) is 2.23. The maximum Gasteiger partial charge on any atom is 0.272 e. The number of hydrogen-bond donors (Lipinski definition) is 1. The van der Waals surface area contributed by atoms with Crippen molar-refractivity contribution in [2.24, 2.45) is 11.1 Å². The van der Waals surface area contributed by atoms with E-state index in [4.69, 9.17) is 5.73 Å². The van der Waals surface area contributed by atoms with Gasteiger partial charge in [0.25, 0.3) is 5.69 Å². The Hall–Kier alpha value is -1.46. The molecular formula is C15H25N3O2. The maximum absolute atomic E-state index is 11.0. The molecular weight excluding hydrogens is 254 g/mol. The molecule has 0 unspecified atom stereocenters. The van der Waals surface area contributed by atoms with Crippen molar-refractivity contribution in [2.45, 2.75) is 34.2 Å². The molecule has 5 nitrogen and oxygen atoms in total. The lowest BCUT2D eigenvalue weighted by atomic mass is 9.92. The second-order valence-corrected chi connectivity index (χ2v) is 5.99. The molecule has 0 radical (unpaired) electrons. The Morgan fingerprint density at radius 1 is 1.40 bits per heavy atom. The van der Waals surface area contributed by atoms with E-state index in [1.807, 2.05) is 13.0 Å². The van der Waals surface area contributed by atoms with Crippen LogP contribution in [0, 0.1) is 22.5 Å². The molecule has 0 heterocycles. The lowest BCUT2D eigenvalue weighted by Gasteiger charge is -2.31.